The number of hydrogen-bond acceptors (Lipinski definition) is 4. The SMILES string of the molecule is C=C[C@@H]1[C@@H](S(=O)(=O)c2ccc(C)cc2)C[C@H](/C=C/CCCCCC)N1C(=O)OC(C)(C)C. The van der Waals surface area contributed by atoms with Gasteiger partial charge in [0.2, 0.25) is 0 Å². The lowest BCUT2D eigenvalue weighted by Gasteiger charge is -2.31. The maximum absolute atomic E-state index is 13.5. The van der Waals surface area contributed by atoms with Crippen LogP contribution in [0, 0.1) is 6.92 Å². The molecule has 1 aromatic carbocycles. The third-order valence-electron chi connectivity index (χ3n) is 5.71. The summed E-state index contributed by atoms with van der Waals surface area (Å²) in [7, 11) is -3.66. The van der Waals surface area contributed by atoms with Gasteiger partial charge in [0.05, 0.1) is 22.2 Å². The molecular weight excluding hydrogens is 422 g/mol. The average molecular weight is 462 g/mol. The number of benzene rings is 1. The molecule has 0 aromatic heterocycles. The Morgan fingerprint density at radius 2 is 1.84 bits per heavy atom. The Balaban J connectivity index is 2.33. The zero-order valence-electron chi connectivity index (χ0n) is 20.2. The van der Waals surface area contributed by atoms with Crippen LogP contribution in [-0.2, 0) is 14.6 Å². The normalized spacial score (nSPS) is 21.8. The Morgan fingerprint density at radius 1 is 1.19 bits per heavy atom. The van der Waals surface area contributed by atoms with Crippen LogP contribution in [0.5, 0.6) is 0 Å². The average Bonchev–Trinajstić information content (AvgIpc) is 3.09. The van der Waals surface area contributed by atoms with E-state index in [0.29, 0.717) is 6.42 Å². The third kappa shape index (κ3) is 6.71. The summed E-state index contributed by atoms with van der Waals surface area (Å²) in [6.07, 6.45) is 11.0. The summed E-state index contributed by atoms with van der Waals surface area (Å²) in [6, 6.07) is 5.85. The monoisotopic (exact) mass is 461 g/mol. The molecule has 0 aliphatic carbocycles. The summed E-state index contributed by atoms with van der Waals surface area (Å²) >= 11 is 0. The van der Waals surface area contributed by atoms with E-state index in [1.807, 2.05) is 33.8 Å². The Bertz CT molecular complexity index is 897. The summed E-state index contributed by atoms with van der Waals surface area (Å²) in [5, 5.41) is -0.773. The zero-order chi connectivity index (χ0) is 23.9. The molecule has 0 unspecified atom stereocenters. The van der Waals surface area contributed by atoms with Crippen LogP contribution >= 0.6 is 0 Å². The van der Waals surface area contributed by atoms with E-state index in [-0.39, 0.29) is 10.9 Å². The van der Waals surface area contributed by atoms with E-state index < -0.39 is 32.8 Å². The number of rotatable bonds is 9. The van der Waals surface area contributed by atoms with Crippen LogP contribution in [0.4, 0.5) is 4.79 Å². The first-order valence-corrected chi connectivity index (χ1v) is 13.2. The molecule has 2 rings (SSSR count). The maximum Gasteiger partial charge on any atom is 0.411 e. The van der Waals surface area contributed by atoms with Crippen molar-refractivity contribution in [3.05, 3.63) is 54.6 Å². The van der Waals surface area contributed by atoms with Crippen molar-refractivity contribution < 1.29 is 17.9 Å². The molecular formula is C26H39NO4S. The number of carbonyl (C=O) groups is 1. The van der Waals surface area contributed by atoms with E-state index in [1.54, 1.807) is 35.2 Å². The van der Waals surface area contributed by atoms with E-state index >= 15 is 0 Å². The van der Waals surface area contributed by atoms with Crippen molar-refractivity contribution in [3.8, 4) is 0 Å². The molecule has 1 aliphatic heterocycles. The van der Waals surface area contributed by atoms with Crippen molar-refractivity contribution >= 4 is 15.9 Å². The standard InChI is InChI=1S/C26H39NO4S/c1-7-9-10-11-12-13-14-21-19-24(32(29,30)22-17-15-20(3)16-18-22)23(8-2)27(21)25(28)31-26(4,5)6/h8,13-18,21,23-24H,2,7,9-12,19H2,1,3-6H3/b14-13+/t21-,23+,24-/m0/s1. The minimum absolute atomic E-state index is 0.272. The molecule has 32 heavy (non-hydrogen) atoms. The van der Waals surface area contributed by atoms with Crippen molar-refractivity contribution in [2.45, 2.75) is 101 Å². The molecule has 1 saturated heterocycles. The molecule has 1 aromatic rings. The van der Waals surface area contributed by atoms with Gasteiger partial charge >= 0.3 is 6.09 Å². The molecule has 6 heteroatoms. The minimum atomic E-state index is -3.66. The number of aryl methyl sites for hydroxylation is 1. The molecule has 1 fully saturated rings. The lowest BCUT2D eigenvalue weighted by Crippen LogP contribution is -2.45. The lowest BCUT2D eigenvalue weighted by atomic mass is 10.1. The number of likely N-dealkylation sites (tertiary alicyclic amines) is 1. The van der Waals surface area contributed by atoms with Crippen molar-refractivity contribution in [2.75, 3.05) is 0 Å². The van der Waals surface area contributed by atoms with E-state index in [4.69, 9.17) is 4.74 Å². The number of nitrogens with zero attached hydrogens (tertiary/aromatic N) is 1. The molecule has 5 nitrogen and oxygen atoms in total. The Hall–Kier alpha value is -2.08. The second kappa shape index (κ2) is 11.2. The van der Waals surface area contributed by atoms with Crippen LogP contribution < -0.4 is 0 Å². The van der Waals surface area contributed by atoms with Gasteiger partial charge in [-0.15, -0.1) is 6.58 Å². The van der Waals surface area contributed by atoms with Crippen molar-refractivity contribution in [3.63, 3.8) is 0 Å². The molecule has 0 N–H and O–H groups in total. The first kappa shape index (κ1) is 26.2. The molecule has 0 spiro atoms. The molecule has 0 radical (unpaired) electrons. The molecule has 1 heterocycles. The van der Waals surface area contributed by atoms with E-state index in [2.05, 4.69) is 19.6 Å². The highest BCUT2D eigenvalue weighted by molar-refractivity contribution is 7.92. The van der Waals surface area contributed by atoms with Gasteiger partial charge in [0.15, 0.2) is 9.84 Å². The van der Waals surface area contributed by atoms with Crippen molar-refractivity contribution in [1.29, 1.82) is 0 Å². The van der Waals surface area contributed by atoms with Gasteiger partial charge in [-0.25, -0.2) is 13.2 Å². The lowest BCUT2D eigenvalue weighted by molar-refractivity contribution is 0.0213. The maximum atomic E-state index is 13.5. The summed E-state index contributed by atoms with van der Waals surface area (Å²) in [4.78, 5) is 14.9. The summed E-state index contributed by atoms with van der Waals surface area (Å²) in [6.45, 7) is 13.4. The quantitative estimate of drug-likeness (QED) is 0.323. The summed E-state index contributed by atoms with van der Waals surface area (Å²) in [5.41, 5.74) is 0.320. The second-order valence-corrected chi connectivity index (χ2v) is 11.8. The van der Waals surface area contributed by atoms with Crippen molar-refractivity contribution in [2.24, 2.45) is 0 Å². The van der Waals surface area contributed by atoms with Gasteiger partial charge in [0.25, 0.3) is 0 Å². The molecule has 1 aliphatic rings. The van der Waals surface area contributed by atoms with Crippen LogP contribution in [0.15, 0.2) is 54.0 Å². The van der Waals surface area contributed by atoms with Gasteiger partial charge in [0.1, 0.15) is 5.60 Å². The Labute approximate surface area is 194 Å². The number of sulfone groups is 1. The predicted molar refractivity (Wildman–Crippen MR) is 131 cm³/mol. The number of ether oxygens (including phenoxy) is 1. The zero-order valence-corrected chi connectivity index (χ0v) is 21.0. The van der Waals surface area contributed by atoms with Crippen LogP contribution in [0.3, 0.4) is 0 Å². The van der Waals surface area contributed by atoms with Crippen LogP contribution in [0.1, 0.15) is 71.8 Å². The molecule has 1 amide bonds. The van der Waals surface area contributed by atoms with Gasteiger partial charge in [-0.05, 0) is 59.1 Å². The highest BCUT2D eigenvalue weighted by atomic mass is 32.2. The fraction of sp³-hybridized carbons (Fsp3) is 0.577. The van der Waals surface area contributed by atoms with Gasteiger partial charge in [-0.3, -0.25) is 4.90 Å². The Kier molecular flexibility index (Phi) is 9.14. The highest BCUT2D eigenvalue weighted by Crippen LogP contribution is 2.35. The first-order valence-electron chi connectivity index (χ1n) is 11.6. The van der Waals surface area contributed by atoms with Gasteiger partial charge < -0.3 is 4.74 Å². The van der Waals surface area contributed by atoms with Crippen molar-refractivity contribution in [1.82, 2.24) is 4.90 Å². The van der Waals surface area contributed by atoms with E-state index in [1.165, 1.54) is 19.3 Å². The topological polar surface area (TPSA) is 63.7 Å². The first-order chi connectivity index (χ1) is 15.0. The fourth-order valence-corrected chi connectivity index (χ4v) is 5.98. The third-order valence-corrected chi connectivity index (χ3v) is 7.91. The predicted octanol–water partition coefficient (Wildman–Crippen LogP) is 6.23. The second-order valence-electron chi connectivity index (χ2n) is 9.59. The highest BCUT2D eigenvalue weighted by Gasteiger charge is 2.49. The molecule has 3 atom stereocenters. The fourth-order valence-electron chi connectivity index (χ4n) is 4.05. The van der Waals surface area contributed by atoms with Crippen LogP contribution in [0.25, 0.3) is 0 Å². The number of carbonyl (C=O) groups excluding carboxylic acids is 1. The van der Waals surface area contributed by atoms with Gasteiger partial charge in [-0.1, -0.05) is 62.1 Å². The van der Waals surface area contributed by atoms with E-state index in [9.17, 15) is 13.2 Å². The van der Waals surface area contributed by atoms with Crippen LogP contribution in [-0.4, -0.2) is 42.3 Å². The molecule has 0 saturated carbocycles. The Morgan fingerprint density at radius 3 is 2.41 bits per heavy atom. The minimum Gasteiger partial charge on any atom is -0.444 e. The van der Waals surface area contributed by atoms with Gasteiger partial charge in [-0.2, -0.15) is 0 Å². The van der Waals surface area contributed by atoms with Crippen LogP contribution in [0.2, 0.25) is 0 Å². The molecule has 178 valence electrons. The smallest absolute Gasteiger partial charge is 0.411 e. The molecule has 0 bridgehead atoms. The number of unbranched alkanes of at least 4 members (excludes halogenated alkanes) is 4. The summed E-state index contributed by atoms with van der Waals surface area (Å²) in [5.74, 6) is 0. The number of allylic oxidation sites excluding steroid dienone is 1. The number of amides is 1. The number of hydrogen-bond donors (Lipinski definition) is 0. The van der Waals surface area contributed by atoms with Gasteiger partial charge in [0, 0.05) is 0 Å². The summed E-state index contributed by atoms with van der Waals surface area (Å²) < 4.78 is 32.7. The largest absolute Gasteiger partial charge is 0.444 e. The van der Waals surface area contributed by atoms with E-state index in [0.717, 1.165) is 18.4 Å².